The topological polar surface area (TPSA) is 52.2 Å². The van der Waals surface area contributed by atoms with Crippen LogP contribution in [-0.2, 0) is 11.3 Å². The molecule has 1 atom stereocenters. The largest absolute Gasteiger partial charge is 0.497 e. The Bertz CT molecular complexity index is 562. The van der Waals surface area contributed by atoms with Crippen LogP contribution < -0.4 is 19.5 Å². The number of ether oxygens (including phenoxy) is 4. The summed E-state index contributed by atoms with van der Waals surface area (Å²) in [4.78, 5) is 2.09. The van der Waals surface area contributed by atoms with Gasteiger partial charge in [-0.25, -0.2) is 0 Å². The molecule has 6 nitrogen and oxygen atoms in total. The van der Waals surface area contributed by atoms with Gasteiger partial charge in [0.05, 0.1) is 27.4 Å². The summed E-state index contributed by atoms with van der Waals surface area (Å²) in [6.07, 6.45) is 2.36. The van der Waals surface area contributed by atoms with E-state index >= 15 is 0 Å². The maximum absolute atomic E-state index is 5.75. The molecule has 134 valence electrons. The molecule has 7 heteroatoms. The van der Waals surface area contributed by atoms with Crippen LogP contribution in [0.4, 0.5) is 0 Å². The number of hydrogen-bond acceptors (Lipinski definition) is 5. The quantitative estimate of drug-likeness (QED) is 0.753. The summed E-state index contributed by atoms with van der Waals surface area (Å²) < 4.78 is 22.1. The Hall–Kier alpha value is -1.73. The van der Waals surface area contributed by atoms with Crippen LogP contribution in [0.15, 0.2) is 12.1 Å². The molecule has 0 bridgehead atoms. The molecule has 0 aliphatic carbocycles. The van der Waals surface area contributed by atoms with Crippen LogP contribution in [0.25, 0.3) is 0 Å². The molecule has 1 aromatic rings. The molecule has 1 saturated heterocycles. The van der Waals surface area contributed by atoms with Crippen molar-refractivity contribution in [1.82, 2.24) is 10.2 Å². The Labute approximate surface area is 149 Å². The van der Waals surface area contributed by atoms with Gasteiger partial charge >= 0.3 is 0 Å². The van der Waals surface area contributed by atoms with E-state index in [1.54, 1.807) is 21.3 Å². The minimum Gasteiger partial charge on any atom is -0.497 e. The fourth-order valence-corrected chi connectivity index (χ4v) is 3.01. The molecule has 0 amide bonds. The highest BCUT2D eigenvalue weighted by Crippen LogP contribution is 2.36. The summed E-state index contributed by atoms with van der Waals surface area (Å²) in [5.41, 5.74) is 0.948. The molecule has 0 radical (unpaired) electrons. The lowest BCUT2D eigenvalue weighted by Gasteiger charge is -2.28. The number of thiocarbonyl (C=S) groups is 1. The first-order valence-corrected chi connectivity index (χ1v) is 8.40. The Morgan fingerprint density at radius 1 is 1.29 bits per heavy atom. The smallest absolute Gasteiger partial charge is 0.169 e. The normalized spacial score (nSPS) is 16.6. The van der Waals surface area contributed by atoms with Gasteiger partial charge in [0.1, 0.15) is 5.75 Å². The van der Waals surface area contributed by atoms with E-state index in [1.165, 1.54) is 0 Å². The van der Waals surface area contributed by atoms with Gasteiger partial charge in [-0.05, 0) is 31.1 Å². The zero-order valence-electron chi connectivity index (χ0n) is 14.8. The Morgan fingerprint density at radius 2 is 2.08 bits per heavy atom. The fraction of sp³-hybridized carbons (Fsp3) is 0.588. The van der Waals surface area contributed by atoms with Gasteiger partial charge in [0.15, 0.2) is 16.6 Å². The zero-order valence-corrected chi connectivity index (χ0v) is 15.6. The summed E-state index contributed by atoms with van der Waals surface area (Å²) in [5, 5.41) is 3.73. The summed E-state index contributed by atoms with van der Waals surface area (Å²) in [7, 11) is 6.71. The van der Waals surface area contributed by atoms with Crippen LogP contribution in [0.1, 0.15) is 18.4 Å². The van der Waals surface area contributed by atoms with E-state index in [1.807, 2.05) is 19.2 Å². The van der Waals surface area contributed by atoms with Crippen molar-refractivity contribution in [3.63, 3.8) is 0 Å². The molecule has 0 saturated carbocycles. The van der Waals surface area contributed by atoms with Crippen LogP contribution in [0.3, 0.4) is 0 Å². The lowest BCUT2D eigenvalue weighted by atomic mass is 10.1. The second-order valence-corrected chi connectivity index (χ2v) is 5.98. The zero-order chi connectivity index (χ0) is 17.5. The van der Waals surface area contributed by atoms with Crippen LogP contribution >= 0.6 is 12.2 Å². The van der Waals surface area contributed by atoms with Gasteiger partial charge in [-0.1, -0.05) is 0 Å². The van der Waals surface area contributed by atoms with Crippen LogP contribution in [0.5, 0.6) is 17.2 Å². The second kappa shape index (κ2) is 8.94. The van der Waals surface area contributed by atoms with E-state index in [-0.39, 0.29) is 6.10 Å². The molecular weight excluding hydrogens is 328 g/mol. The van der Waals surface area contributed by atoms with Crippen molar-refractivity contribution in [2.75, 3.05) is 41.5 Å². The average molecular weight is 354 g/mol. The van der Waals surface area contributed by atoms with Gasteiger partial charge in [-0.2, -0.15) is 0 Å². The number of nitrogens with zero attached hydrogens (tertiary/aromatic N) is 1. The van der Waals surface area contributed by atoms with Crippen molar-refractivity contribution in [2.45, 2.75) is 25.5 Å². The third-order valence-electron chi connectivity index (χ3n) is 4.08. The number of benzene rings is 1. The van der Waals surface area contributed by atoms with Crippen molar-refractivity contribution in [1.29, 1.82) is 0 Å². The lowest BCUT2D eigenvalue weighted by Crippen LogP contribution is -2.41. The van der Waals surface area contributed by atoms with Gasteiger partial charge < -0.3 is 29.2 Å². The van der Waals surface area contributed by atoms with Gasteiger partial charge in [0.25, 0.3) is 0 Å². The highest BCUT2D eigenvalue weighted by molar-refractivity contribution is 7.80. The molecule has 1 heterocycles. The monoisotopic (exact) mass is 354 g/mol. The summed E-state index contributed by atoms with van der Waals surface area (Å²) >= 11 is 5.47. The molecule has 1 aromatic carbocycles. The number of hydrogen-bond donors (Lipinski definition) is 1. The number of nitrogens with one attached hydrogen (secondary N) is 1. The molecule has 2 rings (SSSR count). The number of methoxy groups -OCH3 is 3. The first-order chi connectivity index (χ1) is 11.6. The van der Waals surface area contributed by atoms with E-state index < -0.39 is 0 Å². The van der Waals surface area contributed by atoms with Gasteiger partial charge in [0.2, 0.25) is 0 Å². The average Bonchev–Trinajstić information content (AvgIpc) is 3.12. The maximum atomic E-state index is 5.75. The summed E-state index contributed by atoms with van der Waals surface area (Å²) in [5.74, 6) is 2.05. The van der Waals surface area contributed by atoms with E-state index in [0.717, 1.165) is 37.3 Å². The minimum atomic E-state index is 0.204. The van der Waals surface area contributed by atoms with Crippen molar-refractivity contribution in [2.24, 2.45) is 0 Å². The lowest BCUT2D eigenvalue weighted by molar-refractivity contribution is 0.0896. The molecule has 24 heavy (non-hydrogen) atoms. The third-order valence-corrected chi connectivity index (χ3v) is 4.54. The molecule has 0 spiro atoms. The van der Waals surface area contributed by atoms with E-state index in [0.29, 0.717) is 23.2 Å². The fourth-order valence-electron chi connectivity index (χ4n) is 2.87. The van der Waals surface area contributed by atoms with Crippen LogP contribution in [-0.4, -0.2) is 57.6 Å². The molecule has 1 N–H and O–H groups in total. The highest BCUT2D eigenvalue weighted by atomic mass is 32.1. The first-order valence-electron chi connectivity index (χ1n) is 8.00. The predicted molar refractivity (Wildman–Crippen MR) is 97.1 cm³/mol. The summed E-state index contributed by atoms with van der Waals surface area (Å²) in [6, 6.07) is 3.76. The molecule has 1 aliphatic heterocycles. The minimum absolute atomic E-state index is 0.204. The van der Waals surface area contributed by atoms with Crippen molar-refractivity contribution >= 4 is 17.3 Å². The highest BCUT2D eigenvalue weighted by Gasteiger charge is 2.23. The van der Waals surface area contributed by atoms with Crippen LogP contribution in [0, 0.1) is 0 Å². The van der Waals surface area contributed by atoms with Crippen LogP contribution in [0.2, 0.25) is 0 Å². The molecular formula is C17H26N2O4S. The van der Waals surface area contributed by atoms with Gasteiger partial charge in [0, 0.05) is 38.4 Å². The van der Waals surface area contributed by atoms with Gasteiger partial charge in [-0.3, -0.25) is 0 Å². The van der Waals surface area contributed by atoms with Gasteiger partial charge in [-0.15, -0.1) is 0 Å². The Balaban J connectivity index is 2.27. The molecule has 0 unspecified atom stereocenters. The SMILES string of the molecule is CNC(=S)N(Cc1cc(OC)cc(OC)c1OC)C[C@@H]1CCCO1. The Kier molecular flexibility index (Phi) is 6.93. The van der Waals surface area contributed by atoms with E-state index in [2.05, 4.69) is 10.2 Å². The predicted octanol–water partition coefficient (Wildman–Crippen LogP) is 2.20. The van der Waals surface area contributed by atoms with Crippen molar-refractivity contribution in [3.05, 3.63) is 17.7 Å². The first kappa shape index (κ1) is 18.6. The van der Waals surface area contributed by atoms with Crippen molar-refractivity contribution in [3.8, 4) is 17.2 Å². The van der Waals surface area contributed by atoms with Crippen molar-refractivity contribution < 1.29 is 18.9 Å². The number of rotatable bonds is 7. The molecule has 0 aromatic heterocycles. The molecule has 1 aliphatic rings. The third kappa shape index (κ3) is 4.42. The van der Waals surface area contributed by atoms with E-state index in [9.17, 15) is 0 Å². The summed E-state index contributed by atoms with van der Waals surface area (Å²) in [6.45, 7) is 2.14. The maximum Gasteiger partial charge on any atom is 0.169 e. The second-order valence-electron chi connectivity index (χ2n) is 5.59. The standard InChI is InChI=1S/C17H26N2O4S/c1-18-17(24)19(11-13-6-5-7-23-13)10-12-8-14(20-2)9-15(21-3)16(12)22-4/h8-9,13H,5-7,10-11H2,1-4H3,(H,18,24)/t13-/m0/s1. The molecule has 1 fully saturated rings. The van der Waals surface area contributed by atoms with E-state index in [4.69, 9.17) is 31.2 Å². The Morgan fingerprint density at radius 3 is 2.62 bits per heavy atom.